The van der Waals surface area contributed by atoms with E-state index >= 15 is 0 Å². The van der Waals surface area contributed by atoms with E-state index in [1.165, 1.54) is 19.3 Å². The molecule has 1 unspecified atom stereocenters. The lowest BCUT2D eigenvalue weighted by Crippen LogP contribution is -2.48. The topological polar surface area (TPSA) is 0 Å². The predicted octanol–water partition coefficient (Wildman–Crippen LogP) is 5.01. The Bertz CT molecular complexity index is 395. The van der Waals surface area contributed by atoms with Crippen molar-refractivity contribution in [2.24, 2.45) is 23.2 Å². The van der Waals surface area contributed by atoms with Gasteiger partial charge in [0.1, 0.15) is 0 Å². The van der Waals surface area contributed by atoms with Gasteiger partial charge >= 0.3 is 0 Å². The molecule has 0 saturated heterocycles. The van der Waals surface area contributed by atoms with E-state index in [4.69, 9.17) is 0 Å². The Kier molecular flexibility index (Phi) is 2.37. The van der Waals surface area contributed by atoms with Gasteiger partial charge in [-0.3, -0.25) is 0 Å². The lowest BCUT2D eigenvalue weighted by atomic mass is 9.46. The molecule has 1 aromatic carbocycles. The molecule has 0 spiro atoms. The molecule has 4 bridgehead atoms. The number of rotatable bonds is 2. The third kappa shape index (κ3) is 1.57. The maximum Gasteiger partial charge on any atom is -0.0133 e. The molecule has 0 aliphatic heterocycles. The zero-order valence-corrected chi connectivity index (χ0v) is 11.4. The highest BCUT2D eigenvalue weighted by Crippen LogP contribution is 2.64. The molecule has 1 aromatic rings. The highest BCUT2D eigenvalue weighted by atomic mass is 14.6. The summed E-state index contributed by atoms with van der Waals surface area (Å²) in [6.07, 6.45) is 9.24. The molecule has 0 heterocycles. The van der Waals surface area contributed by atoms with Crippen LogP contribution in [0.5, 0.6) is 0 Å². The average Bonchev–Trinajstić information content (AvgIpc) is 2.37. The van der Waals surface area contributed by atoms with E-state index in [0.29, 0.717) is 5.41 Å². The van der Waals surface area contributed by atoms with Crippen molar-refractivity contribution in [3.05, 3.63) is 35.9 Å². The number of hydrogen-bond acceptors (Lipinski definition) is 0. The first-order chi connectivity index (χ1) is 8.75. The fraction of sp³-hybridized carbons (Fsp3) is 0.667. The van der Waals surface area contributed by atoms with E-state index in [0.717, 1.165) is 23.7 Å². The van der Waals surface area contributed by atoms with E-state index in [9.17, 15) is 0 Å². The third-order valence-electron chi connectivity index (χ3n) is 6.30. The molecule has 0 amide bonds. The number of hydrogen-bond donors (Lipinski definition) is 0. The first-order valence-corrected chi connectivity index (χ1v) is 7.80. The van der Waals surface area contributed by atoms with Crippen LogP contribution in [0, 0.1) is 23.2 Å². The average molecular weight is 240 g/mol. The Hall–Kier alpha value is -0.780. The summed E-state index contributed by atoms with van der Waals surface area (Å²) in [6.45, 7) is 2.50. The minimum atomic E-state index is 0.663. The van der Waals surface area contributed by atoms with Gasteiger partial charge < -0.3 is 0 Å². The Labute approximate surface area is 111 Å². The zero-order chi connectivity index (χ0) is 12.2. The molecule has 96 valence electrons. The van der Waals surface area contributed by atoms with Gasteiger partial charge in [0.05, 0.1) is 0 Å². The van der Waals surface area contributed by atoms with Crippen LogP contribution in [-0.4, -0.2) is 0 Å². The largest absolute Gasteiger partial charge is 0.0622 e. The van der Waals surface area contributed by atoms with Crippen molar-refractivity contribution in [3.63, 3.8) is 0 Å². The Morgan fingerprint density at radius 3 is 1.89 bits per heavy atom. The molecule has 5 rings (SSSR count). The lowest BCUT2D eigenvalue weighted by molar-refractivity contribution is -0.0656. The molecule has 4 aliphatic rings. The molecule has 0 radical (unpaired) electrons. The molecular weight excluding hydrogens is 216 g/mol. The molecule has 0 heteroatoms. The first kappa shape index (κ1) is 11.1. The van der Waals surface area contributed by atoms with E-state index in [-0.39, 0.29) is 0 Å². The van der Waals surface area contributed by atoms with Crippen molar-refractivity contribution in [1.82, 2.24) is 0 Å². The second kappa shape index (κ2) is 3.85. The summed E-state index contributed by atoms with van der Waals surface area (Å²) in [5.74, 6) is 3.99. The van der Waals surface area contributed by atoms with Crippen LogP contribution in [-0.2, 0) is 0 Å². The van der Waals surface area contributed by atoms with Crippen molar-refractivity contribution < 1.29 is 0 Å². The molecule has 0 aromatic heterocycles. The minimum absolute atomic E-state index is 0.663. The predicted molar refractivity (Wildman–Crippen MR) is 75.5 cm³/mol. The van der Waals surface area contributed by atoms with Crippen LogP contribution >= 0.6 is 0 Å². The van der Waals surface area contributed by atoms with Gasteiger partial charge in [-0.15, -0.1) is 0 Å². The van der Waals surface area contributed by atoms with Gasteiger partial charge in [-0.05, 0) is 73.2 Å². The van der Waals surface area contributed by atoms with Gasteiger partial charge in [0.25, 0.3) is 0 Å². The van der Waals surface area contributed by atoms with Gasteiger partial charge in [0, 0.05) is 0 Å². The van der Waals surface area contributed by atoms with Gasteiger partial charge in [0.2, 0.25) is 0 Å². The lowest BCUT2D eigenvalue weighted by Gasteiger charge is -2.59. The van der Waals surface area contributed by atoms with Gasteiger partial charge in [0.15, 0.2) is 0 Å². The van der Waals surface area contributed by atoms with Crippen LogP contribution in [0.15, 0.2) is 30.3 Å². The summed E-state index contributed by atoms with van der Waals surface area (Å²) >= 11 is 0. The molecule has 0 N–H and O–H groups in total. The van der Waals surface area contributed by atoms with Crippen molar-refractivity contribution in [2.75, 3.05) is 0 Å². The molecular formula is C18H24. The quantitative estimate of drug-likeness (QED) is 0.682. The first-order valence-electron chi connectivity index (χ1n) is 7.80. The summed E-state index contributed by atoms with van der Waals surface area (Å²) in [4.78, 5) is 0. The van der Waals surface area contributed by atoms with Crippen molar-refractivity contribution >= 4 is 0 Å². The highest BCUT2D eigenvalue weighted by molar-refractivity contribution is 5.23. The van der Waals surface area contributed by atoms with E-state index < -0.39 is 0 Å². The Morgan fingerprint density at radius 1 is 0.889 bits per heavy atom. The number of benzene rings is 1. The molecule has 4 saturated carbocycles. The van der Waals surface area contributed by atoms with Crippen LogP contribution < -0.4 is 0 Å². The SMILES string of the molecule is CC(c1ccccc1)C12CC3CC(CC(C3)C1)C2. The molecule has 0 nitrogen and oxygen atoms in total. The second-order valence-electron chi connectivity index (χ2n) is 7.41. The third-order valence-corrected chi connectivity index (χ3v) is 6.30. The van der Waals surface area contributed by atoms with Crippen LogP contribution in [0.3, 0.4) is 0 Å². The highest BCUT2D eigenvalue weighted by Gasteiger charge is 2.53. The summed E-state index contributed by atoms with van der Waals surface area (Å²) in [7, 11) is 0. The minimum Gasteiger partial charge on any atom is -0.0622 e. The van der Waals surface area contributed by atoms with E-state index in [1.54, 1.807) is 24.8 Å². The fourth-order valence-electron chi connectivity index (χ4n) is 5.80. The van der Waals surface area contributed by atoms with Crippen LogP contribution in [0.4, 0.5) is 0 Å². The summed E-state index contributed by atoms with van der Waals surface area (Å²) in [6, 6.07) is 11.3. The van der Waals surface area contributed by atoms with Crippen LogP contribution in [0.2, 0.25) is 0 Å². The summed E-state index contributed by atoms with van der Waals surface area (Å²) in [5.41, 5.74) is 2.25. The molecule has 18 heavy (non-hydrogen) atoms. The normalized spacial score (nSPS) is 43.1. The monoisotopic (exact) mass is 240 g/mol. The van der Waals surface area contributed by atoms with E-state index in [1.807, 2.05) is 0 Å². The smallest absolute Gasteiger partial charge is 0.0133 e. The van der Waals surface area contributed by atoms with Crippen molar-refractivity contribution in [3.8, 4) is 0 Å². The fourth-order valence-corrected chi connectivity index (χ4v) is 5.80. The van der Waals surface area contributed by atoms with E-state index in [2.05, 4.69) is 37.3 Å². The maximum absolute atomic E-state index is 2.50. The van der Waals surface area contributed by atoms with Gasteiger partial charge in [-0.2, -0.15) is 0 Å². The summed E-state index contributed by atoms with van der Waals surface area (Å²) in [5, 5.41) is 0. The second-order valence-corrected chi connectivity index (χ2v) is 7.41. The van der Waals surface area contributed by atoms with Gasteiger partial charge in [-0.1, -0.05) is 37.3 Å². The zero-order valence-electron chi connectivity index (χ0n) is 11.4. The molecule has 1 atom stereocenters. The standard InChI is InChI=1S/C18H24/c1-13(17-5-3-2-4-6-17)18-10-14-7-15(11-18)9-16(8-14)12-18/h2-6,13-16H,7-12H2,1H3. The Balaban J connectivity index is 1.67. The Morgan fingerprint density at radius 2 is 1.39 bits per heavy atom. The van der Waals surface area contributed by atoms with Crippen molar-refractivity contribution in [1.29, 1.82) is 0 Å². The molecule has 4 fully saturated rings. The van der Waals surface area contributed by atoms with Crippen LogP contribution in [0.25, 0.3) is 0 Å². The van der Waals surface area contributed by atoms with Crippen molar-refractivity contribution in [2.45, 2.75) is 51.4 Å². The van der Waals surface area contributed by atoms with Gasteiger partial charge in [-0.25, -0.2) is 0 Å². The maximum atomic E-state index is 2.50. The molecule has 4 aliphatic carbocycles. The van der Waals surface area contributed by atoms with Crippen LogP contribution in [0.1, 0.15) is 56.9 Å². The summed E-state index contributed by atoms with van der Waals surface area (Å²) < 4.78 is 0.